The molecule has 0 radical (unpaired) electrons. The van der Waals surface area contributed by atoms with E-state index in [1.807, 2.05) is 27.7 Å². The second kappa shape index (κ2) is 5.98. The maximum absolute atomic E-state index is 11.2. The Morgan fingerprint density at radius 3 is 2.50 bits per heavy atom. The Kier molecular flexibility index (Phi) is 5.72. The smallest absolute Gasteiger partial charge is 0.222 e. The molecular weight excluding hydrogens is 180 g/mol. The van der Waals surface area contributed by atoms with Gasteiger partial charge in [-0.1, -0.05) is 0 Å². The van der Waals surface area contributed by atoms with E-state index in [-0.39, 0.29) is 17.5 Å². The van der Waals surface area contributed by atoms with Crippen LogP contribution in [0.5, 0.6) is 0 Å². The highest BCUT2D eigenvalue weighted by molar-refractivity contribution is 5.76. The lowest BCUT2D eigenvalue weighted by Gasteiger charge is -2.18. The van der Waals surface area contributed by atoms with Crippen molar-refractivity contribution in [1.82, 2.24) is 5.32 Å². The Hall–Kier alpha value is -0.610. The summed E-state index contributed by atoms with van der Waals surface area (Å²) in [6.07, 6.45) is 0.397. The number of carbonyl (C=O) groups is 1. The first kappa shape index (κ1) is 13.4. The molecule has 84 valence electrons. The van der Waals surface area contributed by atoms with E-state index in [1.165, 1.54) is 0 Å². The van der Waals surface area contributed by atoms with E-state index in [2.05, 4.69) is 5.32 Å². The molecule has 0 fully saturated rings. The average Bonchev–Trinajstić information content (AvgIpc) is 1.95. The van der Waals surface area contributed by atoms with Crippen molar-refractivity contribution in [3.8, 4) is 0 Å². The van der Waals surface area contributed by atoms with E-state index in [0.717, 1.165) is 0 Å². The molecule has 0 heterocycles. The number of carbonyl (C=O) groups excluding carboxylic acids is 1. The topological polar surface area (TPSA) is 64.3 Å². The Balaban J connectivity index is 3.41. The van der Waals surface area contributed by atoms with Crippen LogP contribution >= 0.6 is 0 Å². The van der Waals surface area contributed by atoms with Gasteiger partial charge in [-0.3, -0.25) is 4.79 Å². The van der Waals surface area contributed by atoms with Crippen molar-refractivity contribution in [1.29, 1.82) is 0 Å². The molecule has 1 amide bonds. The van der Waals surface area contributed by atoms with Gasteiger partial charge < -0.3 is 15.8 Å². The van der Waals surface area contributed by atoms with E-state index in [4.69, 9.17) is 10.5 Å². The van der Waals surface area contributed by atoms with Crippen LogP contribution < -0.4 is 11.1 Å². The zero-order valence-corrected chi connectivity index (χ0v) is 9.59. The second-order valence-electron chi connectivity index (χ2n) is 4.51. The summed E-state index contributed by atoms with van der Waals surface area (Å²) in [4.78, 5) is 11.2. The Morgan fingerprint density at radius 1 is 1.50 bits per heavy atom. The van der Waals surface area contributed by atoms with Crippen LogP contribution in [0.25, 0.3) is 0 Å². The fourth-order valence-corrected chi connectivity index (χ4v) is 0.894. The number of ether oxygens (including phenoxy) is 1. The largest absolute Gasteiger partial charge is 0.379 e. The molecule has 0 rings (SSSR count). The SMILES string of the molecule is CC(C)NC(=O)CCOCC(C)(C)N. The minimum Gasteiger partial charge on any atom is -0.379 e. The van der Waals surface area contributed by atoms with Crippen LogP contribution in [0.4, 0.5) is 0 Å². The van der Waals surface area contributed by atoms with Crippen molar-refractivity contribution < 1.29 is 9.53 Å². The van der Waals surface area contributed by atoms with Crippen molar-refractivity contribution in [2.75, 3.05) is 13.2 Å². The Labute approximate surface area is 86.2 Å². The van der Waals surface area contributed by atoms with E-state index in [9.17, 15) is 4.79 Å². The molecule has 0 aliphatic heterocycles. The molecule has 0 spiro atoms. The summed E-state index contributed by atoms with van der Waals surface area (Å²) < 4.78 is 5.26. The van der Waals surface area contributed by atoms with Gasteiger partial charge in [0, 0.05) is 18.0 Å². The van der Waals surface area contributed by atoms with Crippen molar-refractivity contribution in [2.45, 2.75) is 45.7 Å². The highest BCUT2D eigenvalue weighted by Crippen LogP contribution is 1.97. The highest BCUT2D eigenvalue weighted by Gasteiger charge is 2.10. The number of rotatable bonds is 6. The number of amides is 1. The van der Waals surface area contributed by atoms with E-state index < -0.39 is 0 Å². The molecule has 0 aromatic heterocycles. The van der Waals surface area contributed by atoms with Crippen molar-refractivity contribution in [3.05, 3.63) is 0 Å². The maximum Gasteiger partial charge on any atom is 0.222 e. The maximum atomic E-state index is 11.2. The third-order valence-electron chi connectivity index (χ3n) is 1.40. The Morgan fingerprint density at radius 2 is 2.07 bits per heavy atom. The van der Waals surface area contributed by atoms with Crippen LogP contribution in [-0.2, 0) is 9.53 Å². The van der Waals surface area contributed by atoms with Gasteiger partial charge in [0.25, 0.3) is 0 Å². The van der Waals surface area contributed by atoms with Crippen LogP contribution in [0, 0.1) is 0 Å². The molecule has 0 atom stereocenters. The summed E-state index contributed by atoms with van der Waals surface area (Å²) in [7, 11) is 0. The molecular formula is C10H22N2O2. The molecule has 0 aliphatic rings. The lowest BCUT2D eigenvalue weighted by atomic mass is 10.1. The molecule has 14 heavy (non-hydrogen) atoms. The molecule has 0 saturated heterocycles. The quantitative estimate of drug-likeness (QED) is 0.622. The van der Waals surface area contributed by atoms with Crippen LogP contribution in [0.1, 0.15) is 34.1 Å². The van der Waals surface area contributed by atoms with Gasteiger partial charge in [-0.05, 0) is 27.7 Å². The van der Waals surface area contributed by atoms with Gasteiger partial charge in [0.1, 0.15) is 0 Å². The minimum atomic E-state index is -0.325. The van der Waals surface area contributed by atoms with Gasteiger partial charge in [-0.2, -0.15) is 0 Å². The van der Waals surface area contributed by atoms with Crippen molar-refractivity contribution in [3.63, 3.8) is 0 Å². The third kappa shape index (κ3) is 9.48. The van der Waals surface area contributed by atoms with Crippen molar-refractivity contribution in [2.24, 2.45) is 5.73 Å². The summed E-state index contributed by atoms with van der Waals surface area (Å²) in [5, 5.41) is 2.79. The fourth-order valence-electron chi connectivity index (χ4n) is 0.894. The van der Waals surface area contributed by atoms with E-state index in [0.29, 0.717) is 19.6 Å². The molecule has 0 saturated carbocycles. The van der Waals surface area contributed by atoms with Crippen LogP contribution in [0.3, 0.4) is 0 Å². The average molecular weight is 202 g/mol. The number of hydrogen-bond acceptors (Lipinski definition) is 3. The molecule has 4 nitrogen and oxygen atoms in total. The van der Waals surface area contributed by atoms with Crippen LogP contribution in [-0.4, -0.2) is 30.7 Å². The van der Waals surface area contributed by atoms with Gasteiger partial charge in [-0.15, -0.1) is 0 Å². The molecule has 3 N–H and O–H groups in total. The number of nitrogens with two attached hydrogens (primary N) is 1. The monoisotopic (exact) mass is 202 g/mol. The molecule has 0 aromatic carbocycles. The van der Waals surface area contributed by atoms with Crippen LogP contribution in [0.2, 0.25) is 0 Å². The fraction of sp³-hybridized carbons (Fsp3) is 0.900. The normalized spacial score (nSPS) is 11.9. The summed E-state index contributed by atoms with van der Waals surface area (Å²) in [5.41, 5.74) is 5.38. The zero-order chi connectivity index (χ0) is 11.2. The Bertz CT molecular complexity index is 173. The van der Waals surface area contributed by atoms with E-state index in [1.54, 1.807) is 0 Å². The first-order chi connectivity index (χ1) is 6.31. The third-order valence-corrected chi connectivity index (χ3v) is 1.40. The van der Waals surface area contributed by atoms with Crippen molar-refractivity contribution >= 4 is 5.91 Å². The summed E-state index contributed by atoms with van der Waals surface area (Å²) in [6, 6.07) is 0.188. The predicted octanol–water partition coefficient (Wildman–Crippen LogP) is 0.655. The van der Waals surface area contributed by atoms with Gasteiger partial charge in [0.2, 0.25) is 5.91 Å². The van der Waals surface area contributed by atoms with E-state index >= 15 is 0 Å². The number of hydrogen-bond donors (Lipinski definition) is 2. The first-order valence-corrected chi connectivity index (χ1v) is 4.97. The molecule has 0 aromatic rings. The second-order valence-corrected chi connectivity index (χ2v) is 4.51. The highest BCUT2D eigenvalue weighted by atomic mass is 16.5. The molecule has 0 unspecified atom stereocenters. The zero-order valence-electron chi connectivity index (χ0n) is 9.59. The van der Waals surface area contributed by atoms with Gasteiger partial charge >= 0.3 is 0 Å². The van der Waals surface area contributed by atoms with Gasteiger partial charge in [0.15, 0.2) is 0 Å². The van der Waals surface area contributed by atoms with Gasteiger partial charge in [0.05, 0.1) is 13.2 Å². The lowest BCUT2D eigenvalue weighted by molar-refractivity contribution is -0.122. The summed E-state index contributed by atoms with van der Waals surface area (Å²) in [5.74, 6) is 0.0230. The molecule has 0 bridgehead atoms. The lowest BCUT2D eigenvalue weighted by Crippen LogP contribution is -2.38. The van der Waals surface area contributed by atoms with Crippen LogP contribution in [0.15, 0.2) is 0 Å². The minimum absolute atomic E-state index is 0.0230. The molecule has 4 heteroatoms. The summed E-state index contributed by atoms with van der Waals surface area (Å²) >= 11 is 0. The molecule has 0 aliphatic carbocycles. The predicted molar refractivity (Wildman–Crippen MR) is 57.0 cm³/mol. The van der Waals surface area contributed by atoms with Gasteiger partial charge in [-0.25, -0.2) is 0 Å². The standard InChI is InChI=1S/C10H22N2O2/c1-8(2)12-9(13)5-6-14-7-10(3,4)11/h8H,5-7,11H2,1-4H3,(H,12,13). The number of nitrogens with one attached hydrogen (secondary N) is 1. The summed E-state index contributed by atoms with van der Waals surface area (Å²) in [6.45, 7) is 8.55. The first-order valence-electron chi connectivity index (χ1n) is 4.97.